The van der Waals surface area contributed by atoms with Crippen molar-refractivity contribution in [3.8, 4) is 11.5 Å². The lowest BCUT2D eigenvalue weighted by atomic mass is 10.1. The molecule has 2 aromatic rings. The minimum absolute atomic E-state index is 0.00892. The predicted molar refractivity (Wildman–Crippen MR) is 105 cm³/mol. The number of nitrogens with one attached hydrogen (secondary N) is 2. The van der Waals surface area contributed by atoms with E-state index in [4.69, 9.17) is 4.74 Å². The largest absolute Gasteiger partial charge is 0.573 e. The highest BCUT2D eigenvalue weighted by molar-refractivity contribution is 9.10. The molecule has 0 aromatic heterocycles. The van der Waals surface area contributed by atoms with Crippen LogP contribution in [0.1, 0.15) is 12.5 Å². The maximum absolute atomic E-state index is 12.8. The van der Waals surface area contributed by atoms with Crippen LogP contribution in [0, 0.1) is 0 Å². The molecule has 1 amide bonds. The second-order valence-electron chi connectivity index (χ2n) is 6.37. The summed E-state index contributed by atoms with van der Waals surface area (Å²) in [6.07, 6.45) is -5.40. The van der Waals surface area contributed by atoms with E-state index < -0.39 is 28.4 Å². The topological polar surface area (TPSA) is 93.7 Å². The molecule has 0 saturated carbocycles. The summed E-state index contributed by atoms with van der Waals surface area (Å²) >= 11 is 3.21. The fourth-order valence-electron chi connectivity index (χ4n) is 2.71. The summed E-state index contributed by atoms with van der Waals surface area (Å²) in [4.78, 5) is 11.6. The zero-order chi connectivity index (χ0) is 22.1. The molecule has 1 heterocycles. The Hall–Kier alpha value is -2.31. The van der Waals surface area contributed by atoms with Gasteiger partial charge in [-0.1, -0.05) is 28.1 Å². The van der Waals surface area contributed by atoms with Gasteiger partial charge in [0, 0.05) is 11.0 Å². The Bertz CT molecular complexity index is 1060. The van der Waals surface area contributed by atoms with Gasteiger partial charge >= 0.3 is 6.36 Å². The first kappa shape index (κ1) is 22.4. The molecule has 0 fully saturated rings. The number of rotatable bonds is 6. The zero-order valence-electron chi connectivity index (χ0n) is 15.4. The van der Waals surface area contributed by atoms with Crippen LogP contribution in [0.4, 0.5) is 18.9 Å². The van der Waals surface area contributed by atoms with Gasteiger partial charge in [0.05, 0.1) is 5.69 Å². The van der Waals surface area contributed by atoms with Crippen LogP contribution in [0.25, 0.3) is 0 Å². The SMILES string of the molecule is CC1Oc2c(cc(Br)cc2S(=O)(=O)NCCc2ccc(OC(F)(F)F)cc2)NC1=O. The van der Waals surface area contributed by atoms with Crippen LogP contribution in [-0.4, -0.2) is 33.3 Å². The molecule has 162 valence electrons. The number of amides is 1. The summed E-state index contributed by atoms with van der Waals surface area (Å²) in [7, 11) is -4.00. The van der Waals surface area contributed by atoms with Crippen molar-refractivity contribution >= 4 is 37.5 Å². The first-order valence-corrected chi connectivity index (χ1v) is 10.9. The molecule has 0 radical (unpaired) electrons. The number of sulfonamides is 1. The van der Waals surface area contributed by atoms with Gasteiger partial charge in [-0.05, 0) is 43.2 Å². The van der Waals surface area contributed by atoms with Gasteiger partial charge < -0.3 is 14.8 Å². The summed E-state index contributed by atoms with van der Waals surface area (Å²) in [5.41, 5.74) is 0.841. The van der Waals surface area contributed by atoms with E-state index in [9.17, 15) is 26.4 Å². The normalized spacial score (nSPS) is 16.4. The molecule has 1 aliphatic rings. The quantitative estimate of drug-likeness (QED) is 0.621. The van der Waals surface area contributed by atoms with E-state index >= 15 is 0 Å². The molecular formula is C18H16BrF3N2O5S. The molecule has 1 unspecified atom stereocenters. The van der Waals surface area contributed by atoms with Crippen LogP contribution in [0.2, 0.25) is 0 Å². The Labute approximate surface area is 178 Å². The molecule has 1 atom stereocenters. The van der Waals surface area contributed by atoms with Gasteiger partial charge in [-0.15, -0.1) is 13.2 Å². The first-order valence-electron chi connectivity index (χ1n) is 8.60. The van der Waals surface area contributed by atoms with Gasteiger partial charge in [0.15, 0.2) is 11.9 Å². The van der Waals surface area contributed by atoms with Crippen LogP contribution < -0.4 is 19.5 Å². The Morgan fingerprint density at radius 3 is 2.53 bits per heavy atom. The monoisotopic (exact) mass is 508 g/mol. The van der Waals surface area contributed by atoms with Crippen molar-refractivity contribution < 1.29 is 35.9 Å². The molecule has 0 aliphatic carbocycles. The van der Waals surface area contributed by atoms with Gasteiger partial charge in [-0.3, -0.25) is 4.79 Å². The van der Waals surface area contributed by atoms with Crippen LogP contribution in [0.15, 0.2) is 45.8 Å². The highest BCUT2D eigenvalue weighted by Crippen LogP contribution is 2.38. The van der Waals surface area contributed by atoms with E-state index in [0.717, 1.165) is 12.1 Å². The zero-order valence-corrected chi connectivity index (χ0v) is 17.8. The van der Waals surface area contributed by atoms with Crippen LogP contribution in [0.3, 0.4) is 0 Å². The predicted octanol–water partition coefficient (Wildman–Crippen LogP) is 3.59. The number of hydrogen-bond acceptors (Lipinski definition) is 5. The smallest absolute Gasteiger partial charge is 0.477 e. The van der Waals surface area contributed by atoms with Crippen LogP contribution >= 0.6 is 15.9 Å². The van der Waals surface area contributed by atoms with Crippen LogP contribution in [-0.2, 0) is 21.2 Å². The molecule has 0 bridgehead atoms. The van der Waals surface area contributed by atoms with Crippen molar-refractivity contribution in [1.29, 1.82) is 0 Å². The van der Waals surface area contributed by atoms with E-state index in [2.05, 4.69) is 30.7 Å². The molecule has 12 heteroatoms. The van der Waals surface area contributed by atoms with Crippen molar-refractivity contribution in [3.05, 3.63) is 46.4 Å². The van der Waals surface area contributed by atoms with Crippen LogP contribution in [0.5, 0.6) is 11.5 Å². The molecule has 7 nitrogen and oxygen atoms in total. The fraction of sp³-hybridized carbons (Fsp3) is 0.278. The third-order valence-electron chi connectivity index (χ3n) is 4.09. The summed E-state index contributed by atoms with van der Waals surface area (Å²) in [5, 5.41) is 2.59. The lowest BCUT2D eigenvalue weighted by Crippen LogP contribution is -2.36. The van der Waals surface area contributed by atoms with Crippen molar-refractivity contribution in [2.24, 2.45) is 0 Å². The van der Waals surface area contributed by atoms with Gasteiger partial charge in [-0.2, -0.15) is 0 Å². The lowest BCUT2D eigenvalue weighted by Gasteiger charge is -2.25. The molecular weight excluding hydrogens is 493 g/mol. The maximum Gasteiger partial charge on any atom is 0.573 e. The Kier molecular flexibility index (Phi) is 6.29. The first-order chi connectivity index (χ1) is 13.9. The summed E-state index contributed by atoms with van der Waals surface area (Å²) in [6, 6.07) is 8.02. The summed E-state index contributed by atoms with van der Waals surface area (Å²) in [5.74, 6) is -0.720. The number of fused-ring (bicyclic) bond motifs is 1. The third kappa shape index (κ3) is 5.43. The highest BCUT2D eigenvalue weighted by atomic mass is 79.9. The Morgan fingerprint density at radius 2 is 1.90 bits per heavy atom. The second kappa shape index (κ2) is 8.44. The number of ether oxygens (including phenoxy) is 2. The lowest BCUT2D eigenvalue weighted by molar-refractivity contribution is -0.274. The molecule has 2 aromatic carbocycles. The molecule has 0 spiro atoms. The average Bonchev–Trinajstić information content (AvgIpc) is 2.62. The highest BCUT2D eigenvalue weighted by Gasteiger charge is 2.32. The van der Waals surface area contributed by atoms with Crippen molar-refractivity contribution in [2.45, 2.75) is 30.7 Å². The van der Waals surface area contributed by atoms with E-state index in [1.807, 2.05) is 0 Å². The number of anilines is 1. The summed E-state index contributed by atoms with van der Waals surface area (Å²) in [6.45, 7) is 1.49. The van der Waals surface area contributed by atoms with E-state index in [1.54, 1.807) is 0 Å². The fourth-order valence-corrected chi connectivity index (χ4v) is 4.53. The minimum atomic E-state index is -4.78. The molecule has 1 aliphatic heterocycles. The van der Waals surface area contributed by atoms with Crippen molar-refractivity contribution in [3.63, 3.8) is 0 Å². The van der Waals surface area contributed by atoms with Gasteiger partial charge in [0.2, 0.25) is 10.0 Å². The maximum atomic E-state index is 12.8. The molecule has 30 heavy (non-hydrogen) atoms. The molecule has 2 N–H and O–H groups in total. The number of halogens is 4. The van der Waals surface area contributed by atoms with Gasteiger partial charge in [0.1, 0.15) is 10.6 Å². The van der Waals surface area contributed by atoms with E-state index in [0.29, 0.717) is 10.0 Å². The summed E-state index contributed by atoms with van der Waals surface area (Å²) < 4.78 is 74.3. The number of carbonyl (C=O) groups is 1. The Balaban J connectivity index is 1.70. The standard InChI is InChI=1S/C18H16BrF3N2O5S/c1-10-17(25)24-14-8-12(19)9-15(16(14)28-10)30(26,27)23-7-6-11-2-4-13(5-3-11)29-18(20,21)22/h2-5,8-10,23H,6-7H2,1H3,(H,24,25). The number of alkyl halides is 3. The number of benzene rings is 2. The second-order valence-corrected chi connectivity index (χ2v) is 9.02. The third-order valence-corrected chi connectivity index (χ3v) is 6.02. The number of carbonyl (C=O) groups excluding carboxylic acids is 1. The van der Waals surface area contributed by atoms with Gasteiger partial charge in [-0.25, -0.2) is 13.1 Å². The Morgan fingerprint density at radius 1 is 1.23 bits per heavy atom. The van der Waals surface area contributed by atoms with E-state index in [1.165, 1.54) is 31.2 Å². The minimum Gasteiger partial charge on any atom is -0.477 e. The number of hydrogen-bond donors (Lipinski definition) is 2. The van der Waals surface area contributed by atoms with E-state index in [-0.39, 0.29) is 35.0 Å². The average molecular weight is 509 g/mol. The molecule has 0 saturated heterocycles. The van der Waals surface area contributed by atoms with Crippen molar-refractivity contribution in [1.82, 2.24) is 4.72 Å². The van der Waals surface area contributed by atoms with Crippen molar-refractivity contribution in [2.75, 3.05) is 11.9 Å². The molecule has 3 rings (SSSR count). The van der Waals surface area contributed by atoms with Gasteiger partial charge in [0.25, 0.3) is 5.91 Å².